The van der Waals surface area contributed by atoms with Crippen LogP contribution >= 0.6 is 23.2 Å². The van der Waals surface area contributed by atoms with Crippen LogP contribution in [0.25, 0.3) is 6.08 Å². The lowest BCUT2D eigenvalue weighted by molar-refractivity contribution is -0.128. The molecule has 0 bridgehead atoms. The van der Waals surface area contributed by atoms with Crippen LogP contribution in [-0.2, 0) is 9.59 Å². The Bertz CT molecular complexity index is 807. The Morgan fingerprint density at radius 2 is 1.81 bits per heavy atom. The lowest BCUT2D eigenvalue weighted by Gasteiger charge is -2.09. The number of rotatable bonds is 6. The fraction of sp³-hybridized carbons (Fsp3) is 0.111. The summed E-state index contributed by atoms with van der Waals surface area (Å²) in [5.74, 6) is 0.0116. The van der Waals surface area contributed by atoms with Crippen molar-refractivity contribution >= 4 is 41.1 Å². The first-order chi connectivity index (χ1) is 12.5. The van der Waals surface area contributed by atoms with E-state index in [4.69, 9.17) is 32.7 Å². The second-order valence-corrected chi connectivity index (χ2v) is 5.85. The Hall–Kier alpha value is -2.70. The van der Waals surface area contributed by atoms with Crippen molar-refractivity contribution in [2.24, 2.45) is 0 Å². The minimum atomic E-state index is -0.540. The fourth-order valence-electron chi connectivity index (χ4n) is 1.83. The number of benzene rings is 2. The van der Waals surface area contributed by atoms with Crippen LogP contribution in [0.3, 0.4) is 0 Å². The van der Waals surface area contributed by atoms with Gasteiger partial charge in [-0.15, -0.1) is 0 Å². The van der Waals surface area contributed by atoms with Crippen molar-refractivity contribution in [1.82, 2.24) is 10.9 Å². The predicted molar refractivity (Wildman–Crippen MR) is 100 cm³/mol. The number of carbonyl (C=O) groups excluding carboxylic acids is 2. The van der Waals surface area contributed by atoms with E-state index in [1.807, 2.05) is 0 Å². The second kappa shape index (κ2) is 9.70. The third kappa shape index (κ3) is 6.31. The van der Waals surface area contributed by atoms with Gasteiger partial charge in [0.2, 0.25) is 0 Å². The maximum Gasteiger partial charge on any atom is 0.276 e. The monoisotopic (exact) mass is 394 g/mol. The first kappa shape index (κ1) is 19.6. The molecule has 0 aliphatic heterocycles. The van der Waals surface area contributed by atoms with Crippen molar-refractivity contribution in [1.29, 1.82) is 0 Å². The summed E-state index contributed by atoms with van der Waals surface area (Å²) in [4.78, 5) is 23.4. The van der Waals surface area contributed by atoms with Crippen LogP contribution in [0.2, 0.25) is 10.0 Å². The molecule has 8 heteroatoms. The average molecular weight is 395 g/mol. The zero-order valence-electron chi connectivity index (χ0n) is 13.8. The summed E-state index contributed by atoms with van der Waals surface area (Å²) >= 11 is 11.7. The maximum atomic E-state index is 11.7. The smallest absolute Gasteiger partial charge is 0.276 e. The SMILES string of the molecule is COc1ccc(C=CC(=O)NNC(=O)COc2ccc(Cl)cc2Cl)cc1. The molecule has 0 heterocycles. The van der Waals surface area contributed by atoms with Crippen molar-refractivity contribution in [3.63, 3.8) is 0 Å². The number of hydrogen-bond donors (Lipinski definition) is 2. The molecule has 0 fully saturated rings. The van der Waals surface area contributed by atoms with Crippen LogP contribution < -0.4 is 20.3 Å². The molecule has 0 aromatic heterocycles. The summed E-state index contributed by atoms with van der Waals surface area (Å²) in [5, 5.41) is 0.750. The topological polar surface area (TPSA) is 76.7 Å². The molecular weight excluding hydrogens is 379 g/mol. The van der Waals surface area contributed by atoms with E-state index < -0.39 is 11.8 Å². The van der Waals surface area contributed by atoms with Crippen molar-refractivity contribution in [2.75, 3.05) is 13.7 Å². The molecule has 6 nitrogen and oxygen atoms in total. The van der Waals surface area contributed by atoms with E-state index in [0.717, 1.165) is 11.3 Å². The van der Waals surface area contributed by atoms with Gasteiger partial charge in [-0.3, -0.25) is 20.4 Å². The molecule has 2 aromatic rings. The highest BCUT2D eigenvalue weighted by Crippen LogP contribution is 2.27. The molecule has 136 valence electrons. The molecule has 2 rings (SSSR count). The molecule has 0 saturated carbocycles. The van der Waals surface area contributed by atoms with E-state index in [1.54, 1.807) is 49.6 Å². The number of methoxy groups -OCH3 is 1. The summed E-state index contributed by atoms with van der Waals surface area (Å²) in [7, 11) is 1.57. The minimum Gasteiger partial charge on any atom is -0.497 e. The number of hydrazine groups is 1. The summed E-state index contributed by atoms with van der Waals surface area (Å²) in [6.45, 7) is -0.316. The molecule has 2 aromatic carbocycles. The number of carbonyl (C=O) groups is 2. The third-order valence-corrected chi connectivity index (χ3v) is 3.65. The number of ether oxygens (including phenoxy) is 2. The summed E-state index contributed by atoms with van der Waals surface area (Å²) in [6, 6.07) is 11.8. The van der Waals surface area contributed by atoms with Gasteiger partial charge in [0.05, 0.1) is 12.1 Å². The Kier molecular flexibility index (Phi) is 7.32. The standard InChI is InChI=1S/C18H16Cl2N2O4/c1-25-14-6-2-12(3-7-14)4-9-17(23)21-22-18(24)11-26-16-8-5-13(19)10-15(16)20/h2-10H,11H2,1H3,(H,21,23)(H,22,24). The third-order valence-electron chi connectivity index (χ3n) is 3.12. The molecule has 0 radical (unpaired) electrons. The van der Waals surface area contributed by atoms with Crippen LogP contribution in [0.15, 0.2) is 48.5 Å². The summed E-state index contributed by atoms with van der Waals surface area (Å²) < 4.78 is 10.3. The van der Waals surface area contributed by atoms with Gasteiger partial charge < -0.3 is 9.47 Å². The molecule has 0 atom stereocenters. The van der Waals surface area contributed by atoms with Gasteiger partial charge in [0, 0.05) is 11.1 Å². The highest BCUT2D eigenvalue weighted by atomic mass is 35.5. The maximum absolute atomic E-state index is 11.7. The van der Waals surface area contributed by atoms with Gasteiger partial charge in [-0.1, -0.05) is 35.3 Å². The van der Waals surface area contributed by atoms with Crippen molar-refractivity contribution < 1.29 is 19.1 Å². The highest BCUT2D eigenvalue weighted by molar-refractivity contribution is 6.35. The Morgan fingerprint density at radius 3 is 2.46 bits per heavy atom. The van der Waals surface area contributed by atoms with Gasteiger partial charge in [-0.2, -0.15) is 0 Å². The Labute approximate surface area is 160 Å². The van der Waals surface area contributed by atoms with Gasteiger partial charge >= 0.3 is 0 Å². The van der Waals surface area contributed by atoms with Crippen LogP contribution in [0.5, 0.6) is 11.5 Å². The van der Waals surface area contributed by atoms with E-state index in [0.29, 0.717) is 10.8 Å². The van der Waals surface area contributed by atoms with E-state index in [9.17, 15) is 9.59 Å². The number of halogens is 2. The van der Waals surface area contributed by atoms with Gasteiger partial charge in [-0.05, 0) is 42.0 Å². The van der Waals surface area contributed by atoms with Crippen LogP contribution in [0.1, 0.15) is 5.56 Å². The normalized spacial score (nSPS) is 10.4. The molecule has 0 aliphatic rings. The predicted octanol–water partition coefficient (Wildman–Crippen LogP) is 3.24. The molecule has 0 spiro atoms. The average Bonchev–Trinajstić information content (AvgIpc) is 2.64. The van der Waals surface area contributed by atoms with Crippen LogP contribution in [-0.4, -0.2) is 25.5 Å². The molecule has 2 amide bonds. The quantitative estimate of drug-likeness (QED) is 0.582. The first-order valence-electron chi connectivity index (χ1n) is 7.47. The van der Waals surface area contributed by atoms with Gasteiger partial charge in [0.1, 0.15) is 11.5 Å². The fourth-order valence-corrected chi connectivity index (χ4v) is 2.29. The molecule has 2 N–H and O–H groups in total. The number of hydrogen-bond acceptors (Lipinski definition) is 4. The minimum absolute atomic E-state index is 0.289. The van der Waals surface area contributed by atoms with Crippen molar-refractivity contribution in [2.45, 2.75) is 0 Å². The zero-order chi connectivity index (χ0) is 18.9. The lowest BCUT2D eigenvalue weighted by atomic mass is 10.2. The second-order valence-electron chi connectivity index (χ2n) is 5.01. The number of amides is 2. The first-order valence-corrected chi connectivity index (χ1v) is 8.22. The van der Waals surface area contributed by atoms with E-state index >= 15 is 0 Å². The van der Waals surface area contributed by atoms with Crippen molar-refractivity contribution in [3.8, 4) is 11.5 Å². The molecular formula is C18H16Cl2N2O4. The van der Waals surface area contributed by atoms with Gasteiger partial charge in [0.25, 0.3) is 11.8 Å². The van der Waals surface area contributed by atoms with E-state index in [-0.39, 0.29) is 11.6 Å². The van der Waals surface area contributed by atoms with Crippen molar-refractivity contribution in [3.05, 3.63) is 64.1 Å². The van der Waals surface area contributed by atoms with E-state index in [1.165, 1.54) is 12.1 Å². The lowest BCUT2D eigenvalue weighted by Crippen LogP contribution is -2.43. The summed E-state index contributed by atoms with van der Waals surface area (Å²) in [6.07, 6.45) is 2.89. The Morgan fingerprint density at radius 1 is 1.08 bits per heavy atom. The van der Waals surface area contributed by atoms with Crippen LogP contribution in [0, 0.1) is 0 Å². The highest BCUT2D eigenvalue weighted by Gasteiger charge is 2.07. The molecule has 26 heavy (non-hydrogen) atoms. The van der Waals surface area contributed by atoms with Crippen LogP contribution in [0.4, 0.5) is 0 Å². The molecule has 0 saturated heterocycles. The Balaban J connectivity index is 1.75. The van der Waals surface area contributed by atoms with Gasteiger partial charge in [-0.25, -0.2) is 0 Å². The van der Waals surface area contributed by atoms with E-state index in [2.05, 4.69) is 10.9 Å². The van der Waals surface area contributed by atoms with Gasteiger partial charge in [0.15, 0.2) is 6.61 Å². The summed E-state index contributed by atoms with van der Waals surface area (Å²) in [5.41, 5.74) is 5.30. The molecule has 0 aliphatic carbocycles. The number of nitrogens with one attached hydrogen (secondary N) is 2. The zero-order valence-corrected chi connectivity index (χ0v) is 15.3. The molecule has 0 unspecified atom stereocenters. The largest absolute Gasteiger partial charge is 0.497 e.